The molecule has 1 N–H and O–H groups in total. The van der Waals surface area contributed by atoms with Crippen molar-refractivity contribution in [2.75, 3.05) is 26.2 Å². The average Bonchev–Trinajstić information content (AvgIpc) is 3.66. The largest absolute Gasteiger partial charge is 0.380 e. The number of aromatic nitrogens is 3. The van der Waals surface area contributed by atoms with Gasteiger partial charge in [0, 0.05) is 38.0 Å². The third kappa shape index (κ3) is 3.07. The van der Waals surface area contributed by atoms with Crippen LogP contribution in [0.2, 0.25) is 0 Å². The van der Waals surface area contributed by atoms with E-state index in [0.717, 1.165) is 19.0 Å². The van der Waals surface area contributed by atoms with Crippen LogP contribution in [0, 0.1) is 29.1 Å². The lowest BCUT2D eigenvalue weighted by molar-refractivity contribution is -0.150. The molecule has 4 aliphatic carbocycles. The van der Waals surface area contributed by atoms with Gasteiger partial charge in [-0.25, -0.2) is 14.1 Å². The van der Waals surface area contributed by atoms with Gasteiger partial charge in [-0.1, -0.05) is 5.21 Å². The van der Waals surface area contributed by atoms with Gasteiger partial charge in [-0.2, -0.15) is 0 Å². The minimum Gasteiger partial charge on any atom is -0.380 e. The lowest BCUT2D eigenvalue weighted by Crippen LogP contribution is -2.56. The summed E-state index contributed by atoms with van der Waals surface area (Å²) >= 11 is 0. The molecule has 4 unspecified atom stereocenters. The van der Waals surface area contributed by atoms with Crippen molar-refractivity contribution in [2.24, 2.45) is 34.1 Å². The number of nitrogens with zero attached hydrogens (tertiary/aromatic N) is 6. The van der Waals surface area contributed by atoms with Crippen molar-refractivity contribution in [1.82, 2.24) is 30.1 Å². The molecule has 36 heavy (non-hydrogen) atoms. The first-order valence-corrected chi connectivity index (χ1v) is 12.8. The molecule has 8 rings (SSSR count). The maximum absolute atomic E-state index is 14.8. The lowest BCUT2D eigenvalue weighted by Gasteiger charge is -2.41. The molecule has 11 heteroatoms. The van der Waals surface area contributed by atoms with Crippen LogP contribution in [0.3, 0.4) is 0 Å². The van der Waals surface area contributed by atoms with Crippen LogP contribution in [0.15, 0.2) is 41.2 Å². The Kier molecular flexibility index (Phi) is 4.75. The number of Topliss-reactive ketones (excluding diaryl/α,β-unsaturated/α-hetero) is 1. The monoisotopic (exact) mass is 493 g/mol. The molecule has 1 saturated heterocycles. The highest BCUT2D eigenvalue weighted by atomic mass is 19.1. The smallest absolute Gasteiger partial charge is 0.294 e. The summed E-state index contributed by atoms with van der Waals surface area (Å²) in [6, 6.07) is -0.658. The number of piperazine rings is 1. The fourth-order valence-corrected chi connectivity index (χ4v) is 7.94. The maximum Gasteiger partial charge on any atom is 0.294 e. The SMILES string of the molecule is O=C(C(=O)N1CCN(C(=O)C23CC4CC(CC2C4)C3)CC1)C1=CNC2C(n3ccnn3)=NC=C(F)C12. The third-order valence-corrected chi connectivity index (χ3v) is 9.37. The molecule has 0 aromatic carbocycles. The highest BCUT2D eigenvalue weighted by Crippen LogP contribution is 2.65. The van der Waals surface area contributed by atoms with Crippen molar-refractivity contribution < 1.29 is 18.8 Å². The first-order valence-electron chi connectivity index (χ1n) is 12.8. The van der Waals surface area contributed by atoms with E-state index < -0.39 is 29.5 Å². The number of amides is 2. The Labute approximate surface area is 207 Å². The van der Waals surface area contributed by atoms with E-state index in [-0.39, 0.29) is 16.9 Å². The lowest BCUT2D eigenvalue weighted by atomic mass is 9.74. The minimum absolute atomic E-state index is 0.0719. The van der Waals surface area contributed by atoms with Crippen LogP contribution >= 0.6 is 0 Å². The van der Waals surface area contributed by atoms with Crippen LogP contribution in [0.25, 0.3) is 0 Å². The summed E-state index contributed by atoms with van der Waals surface area (Å²) in [5.74, 6) is -0.348. The molecule has 5 fully saturated rings. The molecule has 4 bridgehead atoms. The molecule has 1 aromatic heterocycles. The Morgan fingerprint density at radius 1 is 1.03 bits per heavy atom. The number of fused-ring (bicyclic) bond motifs is 1. The number of hydrogen-bond acceptors (Lipinski definition) is 7. The van der Waals surface area contributed by atoms with Crippen LogP contribution in [-0.2, 0) is 14.4 Å². The molecule has 3 aliphatic heterocycles. The predicted molar refractivity (Wildman–Crippen MR) is 125 cm³/mol. The van der Waals surface area contributed by atoms with Crippen molar-refractivity contribution in [3.8, 4) is 0 Å². The van der Waals surface area contributed by atoms with E-state index in [1.54, 1.807) is 6.20 Å². The second-order valence-electron chi connectivity index (χ2n) is 11.2. The first-order chi connectivity index (χ1) is 17.4. The van der Waals surface area contributed by atoms with Gasteiger partial charge in [0.25, 0.3) is 5.91 Å². The number of hydrogen-bond donors (Lipinski definition) is 1. The molecule has 4 saturated carbocycles. The summed E-state index contributed by atoms with van der Waals surface area (Å²) in [4.78, 5) is 47.4. The van der Waals surface area contributed by atoms with Gasteiger partial charge in [0.1, 0.15) is 5.83 Å². The van der Waals surface area contributed by atoms with Crippen molar-refractivity contribution >= 4 is 23.4 Å². The number of carbonyl (C=O) groups is 3. The average molecular weight is 494 g/mol. The topological polar surface area (TPSA) is 113 Å². The molecule has 188 valence electrons. The van der Waals surface area contributed by atoms with E-state index in [2.05, 4.69) is 20.6 Å². The van der Waals surface area contributed by atoms with Crippen molar-refractivity contribution in [3.63, 3.8) is 0 Å². The second kappa shape index (κ2) is 7.81. The van der Waals surface area contributed by atoms with E-state index in [0.29, 0.717) is 49.8 Å². The molecule has 0 spiro atoms. The highest BCUT2D eigenvalue weighted by molar-refractivity contribution is 6.43. The third-order valence-electron chi connectivity index (χ3n) is 9.37. The zero-order chi connectivity index (χ0) is 24.6. The number of rotatable bonds is 3. The van der Waals surface area contributed by atoms with Gasteiger partial charge in [0.2, 0.25) is 11.7 Å². The Balaban J connectivity index is 1.01. The van der Waals surface area contributed by atoms with Crippen molar-refractivity contribution in [3.05, 3.63) is 36.2 Å². The zero-order valence-electron chi connectivity index (χ0n) is 19.8. The number of aliphatic imine (C=N–C) groups is 1. The number of nitrogens with one attached hydrogen (secondary N) is 1. The van der Waals surface area contributed by atoms with Gasteiger partial charge in [-0.05, 0) is 49.9 Å². The van der Waals surface area contributed by atoms with Crippen molar-refractivity contribution in [2.45, 2.75) is 38.1 Å². The zero-order valence-corrected chi connectivity index (χ0v) is 19.8. The summed E-state index contributed by atoms with van der Waals surface area (Å²) in [7, 11) is 0. The second-order valence-corrected chi connectivity index (χ2v) is 11.2. The number of carbonyl (C=O) groups excluding carboxylic acids is 3. The fourth-order valence-electron chi connectivity index (χ4n) is 7.94. The number of ketones is 1. The first kappa shape index (κ1) is 21.9. The Morgan fingerprint density at radius 2 is 1.75 bits per heavy atom. The van der Waals surface area contributed by atoms with Crippen LogP contribution in [0.5, 0.6) is 0 Å². The van der Waals surface area contributed by atoms with E-state index in [9.17, 15) is 18.8 Å². The van der Waals surface area contributed by atoms with Crippen molar-refractivity contribution in [1.29, 1.82) is 0 Å². The molecular formula is C25H28FN7O3. The molecule has 2 amide bonds. The van der Waals surface area contributed by atoms with Gasteiger partial charge in [-0.15, -0.1) is 5.10 Å². The van der Waals surface area contributed by atoms with E-state index in [1.807, 2.05) is 4.90 Å². The van der Waals surface area contributed by atoms with E-state index in [1.165, 1.54) is 41.2 Å². The molecule has 1 aromatic rings. The van der Waals surface area contributed by atoms with E-state index in [4.69, 9.17) is 0 Å². The quantitative estimate of drug-likeness (QED) is 0.626. The highest BCUT2D eigenvalue weighted by Gasteiger charge is 2.62. The van der Waals surface area contributed by atoms with Crippen LogP contribution in [-0.4, -0.2) is 80.4 Å². The van der Waals surface area contributed by atoms with Gasteiger partial charge in [-0.3, -0.25) is 14.4 Å². The standard InChI is InChI=1S/C25H28FN7O3/c26-18-13-28-22(33-2-1-29-30-33)20-19(18)17(12-27-20)21(34)23(35)31-3-5-32(6-4-31)24(36)25-10-14-7-15(11-25)9-16(25)8-14/h1-2,12-16,19-20,27H,3-11H2. The molecule has 4 heterocycles. The van der Waals surface area contributed by atoms with Crippen LogP contribution in [0.4, 0.5) is 4.39 Å². The molecule has 7 aliphatic rings. The Bertz CT molecular complexity index is 1220. The van der Waals surface area contributed by atoms with Crippen LogP contribution in [0.1, 0.15) is 32.1 Å². The summed E-state index contributed by atoms with van der Waals surface area (Å²) in [5, 5.41) is 10.7. The predicted octanol–water partition coefficient (Wildman–Crippen LogP) is 0.887. The Morgan fingerprint density at radius 3 is 2.44 bits per heavy atom. The van der Waals surface area contributed by atoms with Gasteiger partial charge in [0.15, 0.2) is 5.84 Å². The normalized spacial score (nSPS) is 36.2. The molecule has 0 radical (unpaired) electrons. The fraction of sp³-hybridized carbons (Fsp3) is 0.600. The summed E-state index contributed by atoms with van der Waals surface area (Å²) < 4.78 is 16.2. The molecule has 10 nitrogen and oxygen atoms in total. The van der Waals surface area contributed by atoms with Gasteiger partial charge in [0.05, 0.1) is 36.0 Å². The van der Waals surface area contributed by atoms with Gasteiger partial charge >= 0.3 is 0 Å². The summed E-state index contributed by atoms with van der Waals surface area (Å²) in [6.07, 6.45) is 11.2. The number of halogens is 1. The van der Waals surface area contributed by atoms with Crippen LogP contribution < -0.4 is 5.32 Å². The Hall–Kier alpha value is -3.37. The van der Waals surface area contributed by atoms with E-state index >= 15 is 0 Å². The molecule has 4 atom stereocenters. The molecular weight excluding hydrogens is 465 g/mol. The minimum atomic E-state index is -0.951. The maximum atomic E-state index is 14.8. The van der Waals surface area contributed by atoms with Gasteiger partial charge < -0.3 is 15.1 Å². The summed E-state index contributed by atoms with van der Waals surface area (Å²) in [6.45, 7) is 1.48. The summed E-state index contributed by atoms with van der Waals surface area (Å²) in [5.41, 5.74) is -0.110.